The zero-order chi connectivity index (χ0) is 20.8. The highest BCUT2D eigenvalue weighted by atomic mass is 32.2. The molecule has 4 rings (SSSR count). The molecule has 0 saturated carbocycles. The van der Waals surface area contributed by atoms with Gasteiger partial charge in [-0.1, -0.05) is 11.8 Å². The number of aliphatic carboxylic acids is 1. The molecule has 15 heteroatoms. The first-order valence-corrected chi connectivity index (χ1v) is 10.1. The van der Waals surface area contributed by atoms with Crippen molar-refractivity contribution in [3.63, 3.8) is 0 Å². The summed E-state index contributed by atoms with van der Waals surface area (Å²) >= 11 is 2.22. The van der Waals surface area contributed by atoms with Crippen molar-refractivity contribution in [2.45, 2.75) is 22.7 Å². The van der Waals surface area contributed by atoms with Crippen LogP contribution in [0.2, 0.25) is 0 Å². The van der Waals surface area contributed by atoms with Gasteiger partial charge in [0.05, 0.1) is 0 Å². The highest BCUT2D eigenvalue weighted by Gasteiger charge is 2.53. The van der Waals surface area contributed by atoms with Gasteiger partial charge in [0.2, 0.25) is 16.9 Å². The first-order chi connectivity index (χ1) is 13.8. The van der Waals surface area contributed by atoms with E-state index in [2.05, 4.69) is 25.4 Å². The summed E-state index contributed by atoms with van der Waals surface area (Å²) < 4.78 is 37.8. The lowest BCUT2D eigenvalue weighted by atomic mass is 10.0. The number of β-lactam (4-membered cyclic amide) rings is 1. The third-order valence-electron chi connectivity index (χ3n) is 4.15. The number of hydrogen-bond donors (Lipinski definition) is 4. The van der Waals surface area contributed by atoms with E-state index in [-0.39, 0.29) is 16.6 Å². The maximum absolute atomic E-state index is 12.6. The molecule has 2 aromatic rings. The van der Waals surface area contributed by atoms with Crippen LogP contribution < -0.4 is 5.32 Å². The molecular weight excluding hydrogens is 435 g/mol. The molecule has 2 aliphatic rings. The number of fused-ring (bicyclic) bond motifs is 1. The number of anilines is 1. The van der Waals surface area contributed by atoms with Crippen LogP contribution >= 0.6 is 23.5 Å². The van der Waals surface area contributed by atoms with Gasteiger partial charge in [-0.25, -0.2) is 9.78 Å². The Morgan fingerprint density at radius 3 is 2.90 bits per heavy atom. The number of H-pyrrole nitrogens is 2. The van der Waals surface area contributed by atoms with E-state index >= 15 is 0 Å². The predicted octanol–water partition coefficient (Wildman–Crippen LogP) is 1.37. The number of carbonyl (C=O) groups excluding carboxylic acids is 1. The van der Waals surface area contributed by atoms with Crippen molar-refractivity contribution in [1.82, 2.24) is 30.0 Å². The predicted molar refractivity (Wildman–Crippen MR) is 95.9 cm³/mol. The lowest BCUT2D eigenvalue weighted by Crippen LogP contribution is -2.67. The molecule has 0 radical (unpaired) electrons. The number of alkyl halides is 3. The standard InChI is InChI=1S/C14H12F3N7O3S2/c15-14(16,17)11-21-13(23-22-11)29-4-5-3-28-9-6(20-12-18-1-2-19-12)8(25)24(9)7(5)10(26)27/h1-2,6,9H,3-4H2,(H,26,27)(H2,18,19,20)(H,21,22,23)/t6?,9-/m0/s1. The average Bonchev–Trinajstić information content (AvgIpc) is 3.34. The molecule has 4 N–H and O–H groups in total. The molecule has 10 nitrogen and oxygen atoms in total. The molecule has 2 atom stereocenters. The van der Waals surface area contributed by atoms with Crippen LogP contribution in [-0.4, -0.2) is 70.0 Å². The summed E-state index contributed by atoms with van der Waals surface area (Å²) in [4.78, 5) is 35.6. The minimum absolute atomic E-state index is 0.0383. The number of rotatable bonds is 6. The number of aromatic amines is 2. The van der Waals surface area contributed by atoms with Crippen LogP contribution in [0.5, 0.6) is 0 Å². The van der Waals surface area contributed by atoms with E-state index in [4.69, 9.17) is 0 Å². The Hall–Kier alpha value is -2.68. The highest BCUT2D eigenvalue weighted by molar-refractivity contribution is 8.01. The van der Waals surface area contributed by atoms with Crippen LogP contribution in [-0.2, 0) is 15.8 Å². The van der Waals surface area contributed by atoms with Crippen molar-refractivity contribution < 1.29 is 27.9 Å². The van der Waals surface area contributed by atoms with Gasteiger partial charge in [0, 0.05) is 23.9 Å². The zero-order valence-electron chi connectivity index (χ0n) is 14.2. The summed E-state index contributed by atoms with van der Waals surface area (Å²) in [5, 5.41) is 17.2. The van der Waals surface area contributed by atoms with E-state index < -0.39 is 35.3 Å². The molecule has 154 valence electrons. The fourth-order valence-electron chi connectivity index (χ4n) is 2.88. The van der Waals surface area contributed by atoms with Crippen molar-refractivity contribution in [1.29, 1.82) is 0 Å². The lowest BCUT2D eigenvalue weighted by molar-refractivity contribution is -0.147. The second-order valence-corrected chi connectivity index (χ2v) is 8.03. The van der Waals surface area contributed by atoms with E-state index in [9.17, 15) is 27.9 Å². The van der Waals surface area contributed by atoms with Gasteiger partial charge in [-0.3, -0.25) is 14.8 Å². The molecule has 0 spiro atoms. The van der Waals surface area contributed by atoms with Crippen LogP contribution in [0.4, 0.5) is 19.1 Å². The summed E-state index contributed by atoms with van der Waals surface area (Å²) in [5.41, 5.74) is 0.252. The van der Waals surface area contributed by atoms with E-state index in [0.29, 0.717) is 17.3 Å². The average molecular weight is 447 g/mol. The summed E-state index contributed by atoms with van der Waals surface area (Å²) in [6.45, 7) is 0. The molecule has 1 amide bonds. The summed E-state index contributed by atoms with van der Waals surface area (Å²) in [7, 11) is 0. The number of thioether (sulfide) groups is 2. The number of carboxylic acids is 1. The maximum Gasteiger partial charge on any atom is 0.451 e. The van der Waals surface area contributed by atoms with Crippen molar-refractivity contribution in [3.8, 4) is 0 Å². The number of carbonyl (C=O) groups is 2. The fraction of sp³-hybridized carbons (Fsp3) is 0.357. The number of amides is 1. The Labute approximate surface area is 168 Å². The van der Waals surface area contributed by atoms with Crippen LogP contribution in [0.15, 0.2) is 28.8 Å². The first-order valence-electron chi connectivity index (χ1n) is 8.04. The zero-order valence-corrected chi connectivity index (χ0v) is 15.9. The minimum Gasteiger partial charge on any atom is -0.477 e. The monoisotopic (exact) mass is 447 g/mol. The van der Waals surface area contributed by atoms with Crippen molar-refractivity contribution in [3.05, 3.63) is 29.5 Å². The largest absolute Gasteiger partial charge is 0.477 e. The molecule has 0 bridgehead atoms. The number of aromatic nitrogens is 5. The van der Waals surface area contributed by atoms with E-state index in [0.717, 1.165) is 11.8 Å². The van der Waals surface area contributed by atoms with Crippen molar-refractivity contribution in [2.24, 2.45) is 0 Å². The Morgan fingerprint density at radius 1 is 1.48 bits per heavy atom. The van der Waals surface area contributed by atoms with Gasteiger partial charge in [0.25, 0.3) is 5.91 Å². The Balaban J connectivity index is 1.48. The normalized spacial score (nSPS) is 21.8. The third kappa shape index (κ3) is 3.66. The molecule has 0 aromatic carbocycles. The van der Waals surface area contributed by atoms with E-state index in [1.165, 1.54) is 22.9 Å². The van der Waals surface area contributed by atoms with Gasteiger partial charge in [0.1, 0.15) is 17.1 Å². The van der Waals surface area contributed by atoms with Gasteiger partial charge < -0.3 is 15.4 Å². The number of halogens is 3. The van der Waals surface area contributed by atoms with Gasteiger partial charge in [-0.2, -0.15) is 18.2 Å². The lowest BCUT2D eigenvalue weighted by Gasteiger charge is -2.49. The summed E-state index contributed by atoms with van der Waals surface area (Å²) in [6, 6.07) is -0.628. The maximum atomic E-state index is 12.6. The minimum atomic E-state index is -4.65. The number of nitrogens with one attached hydrogen (secondary N) is 3. The second kappa shape index (κ2) is 7.29. The molecule has 1 fully saturated rings. The van der Waals surface area contributed by atoms with Crippen molar-refractivity contribution >= 4 is 41.3 Å². The topological polar surface area (TPSA) is 140 Å². The molecule has 2 aromatic heterocycles. The van der Waals surface area contributed by atoms with Gasteiger partial charge in [-0.15, -0.1) is 16.9 Å². The van der Waals surface area contributed by atoms with E-state index in [1.54, 1.807) is 11.3 Å². The fourth-order valence-corrected chi connectivity index (χ4v) is 5.16. The highest BCUT2D eigenvalue weighted by Crippen LogP contribution is 2.42. The molecule has 29 heavy (non-hydrogen) atoms. The quantitative estimate of drug-likeness (QED) is 0.382. The summed E-state index contributed by atoms with van der Waals surface area (Å²) in [5.74, 6) is -2.18. The van der Waals surface area contributed by atoms with Gasteiger partial charge in [0.15, 0.2) is 0 Å². The number of hydrogen-bond acceptors (Lipinski definition) is 8. The molecule has 1 unspecified atom stereocenters. The Kier molecular flexibility index (Phi) is 4.94. The number of imidazole rings is 1. The van der Waals surface area contributed by atoms with Crippen LogP contribution in [0.3, 0.4) is 0 Å². The molecule has 4 heterocycles. The molecule has 1 saturated heterocycles. The number of carboxylic acid groups (broad SMARTS) is 1. The third-order valence-corrected chi connectivity index (χ3v) is 6.42. The van der Waals surface area contributed by atoms with Gasteiger partial charge in [-0.05, 0) is 5.57 Å². The first kappa shape index (κ1) is 19.6. The summed E-state index contributed by atoms with van der Waals surface area (Å²) in [6.07, 6.45) is -1.55. The van der Waals surface area contributed by atoms with Gasteiger partial charge >= 0.3 is 12.1 Å². The SMILES string of the molecule is O=C(O)C1=C(CSc2n[nH]c(C(F)(F)F)n2)CS[C@H]2C(Nc3ncc[nH]3)C(=O)N12. The Bertz CT molecular complexity index is 976. The second-order valence-electron chi connectivity index (χ2n) is 5.98. The van der Waals surface area contributed by atoms with E-state index in [1.807, 2.05) is 0 Å². The Morgan fingerprint density at radius 2 is 2.28 bits per heavy atom. The van der Waals surface area contributed by atoms with Crippen LogP contribution in [0.25, 0.3) is 0 Å². The number of nitrogens with zero attached hydrogens (tertiary/aromatic N) is 4. The van der Waals surface area contributed by atoms with Crippen LogP contribution in [0.1, 0.15) is 5.82 Å². The molecule has 2 aliphatic heterocycles. The van der Waals surface area contributed by atoms with Crippen LogP contribution in [0, 0.1) is 0 Å². The van der Waals surface area contributed by atoms with Crippen molar-refractivity contribution in [2.75, 3.05) is 16.8 Å². The molecule has 0 aliphatic carbocycles. The smallest absolute Gasteiger partial charge is 0.451 e. The molecular formula is C14H12F3N7O3S2.